The minimum atomic E-state index is -2.49. The molecule has 0 unspecified atom stereocenters. The Hall–Kier alpha value is -0.0400. The molecule has 0 rings (SSSR count). The van der Waals surface area contributed by atoms with Crippen LogP contribution < -0.4 is 0 Å². The van der Waals surface area contributed by atoms with Crippen LogP contribution in [0.25, 0.3) is 0 Å². The summed E-state index contributed by atoms with van der Waals surface area (Å²) in [5, 5.41) is 0. The van der Waals surface area contributed by atoms with Crippen molar-refractivity contribution in [2.45, 2.75) is 13.2 Å². The van der Waals surface area contributed by atoms with Gasteiger partial charge in [-0.25, -0.2) is 0 Å². The van der Waals surface area contributed by atoms with Gasteiger partial charge in [-0.3, -0.25) is 0 Å². The lowest BCUT2D eigenvalue weighted by atomic mass is 10.5. The van der Waals surface area contributed by atoms with Gasteiger partial charge in [0.05, 0.1) is 0 Å². The third-order valence-corrected chi connectivity index (χ3v) is 0.288. The Kier molecular flexibility index (Phi) is 0.643. The molecule has 6 heavy (non-hydrogen) atoms. The topological polar surface area (TPSA) is 3.24 Å². The molecule has 0 bridgehead atoms. The summed E-state index contributed by atoms with van der Waals surface area (Å²) in [4.78, 5) is 1.03. The third kappa shape index (κ3) is 3.96. The second-order valence-corrected chi connectivity index (χ2v) is 1.15. The molecule has 0 amide bonds. The minimum Gasteiger partial charge on any atom is -0.309 e. The molecule has 0 aliphatic heterocycles. The number of hydrogen-bond acceptors (Lipinski definition) is 1. The fraction of sp³-hybridized carbons (Fsp3) is 1.00. The van der Waals surface area contributed by atoms with E-state index in [1.807, 2.05) is 0 Å². The maximum atomic E-state index is 7.29. The zero-order chi connectivity index (χ0) is 10.2. The average Bonchev–Trinajstić information content (AvgIpc) is 1.86. The van der Waals surface area contributed by atoms with Crippen LogP contribution in [0.4, 0.5) is 0 Å². The summed E-state index contributed by atoms with van der Waals surface area (Å²) >= 11 is 0. The highest BCUT2D eigenvalue weighted by molar-refractivity contribution is 4.34. The molecule has 0 fully saturated rings. The summed E-state index contributed by atoms with van der Waals surface area (Å²) in [6.45, 7) is -4.13. The summed E-state index contributed by atoms with van der Waals surface area (Å²) < 4.78 is 42.7. The van der Waals surface area contributed by atoms with E-state index >= 15 is 0 Å². The van der Waals surface area contributed by atoms with Crippen molar-refractivity contribution in [1.29, 1.82) is 0 Å². The molecule has 0 saturated carbocycles. The van der Waals surface area contributed by atoms with Gasteiger partial charge in [0.1, 0.15) is 0 Å². The fourth-order valence-corrected chi connectivity index (χ4v) is 0.129. The second-order valence-electron chi connectivity index (χ2n) is 1.15. The van der Waals surface area contributed by atoms with Crippen molar-refractivity contribution >= 4 is 0 Å². The van der Waals surface area contributed by atoms with Gasteiger partial charge in [0.2, 0.25) is 0 Å². The van der Waals surface area contributed by atoms with Crippen molar-refractivity contribution in [3.05, 3.63) is 0 Å². The van der Waals surface area contributed by atoms with E-state index in [0.29, 0.717) is 0 Å². The molecule has 0 saturated heterocycles. The minimum absolute atomic E-state index is 1.03. The van der Waals surface area contributed by atoms with E-state index < -0.39 is 19.7 Å². The first-order chi connectivity index (χ1) is 5.14. The number of rotatable bonds is 2. The van der Waals surface area contributed by atoms with Gasteiger partial charge in [-0.05, 0) is 27.0 Å². The van der Waals surface area contributed by atoms with Crippen molar-refractivity contribution in [3.63, 3.8) is 0 Å². The van der Waals surface area contributed by atoms with Crippen LogP contribution >= 0.6 is 0 Å². The first-order valence-electron chi connectivity index (χ1n) is 4.81. The highest BCUT2D eigenvalue weighted by Gasteiger charge is 1.79. The van der Waals surface area contributed by atoms with Gasteiger partial charge in [-0.1, -0.05) is 6.88 Å². The summed E-state index contributed by atoms with van der Waals surface area (Å²) in [5.74, 6) is 0. The Morgan fingerprint density at radius 3 is 2.67 bits per heavy atom. The Morgan fingerprint density at radius 1 is 1.83 bits per heavy atom. The van der Waals surface area contributed by atoms with Gasteiger partial charge in [0.15, 0.2) is 0 Å². The van der Waals surface area contributed by atoms with Crippen molar-refractivity contribution in [2.24, 2.45) is 0 Å². The molecule has 0 atom stereocenters. The molecule has 1 nitrogen and oxygen atoms in total. The van der Waals surface area contributed by atoms with E-state index in [1.165, 1.54) is 14.1 Å². The van der Waals surface area contributed by atoms with Crippen LogP contribution in [-0.2, 0) is 0 Å². The van der Waals surface area contributed by atoms with Gasteiger partial charge in [0, 0.05) is 8.22 Å². The second kappa shape index (κ2) is 3.16. The Bertz CT molecular complexity index is 136. The van der Waals surface area contributed by atoms with Gasteiger partial charge in [-0.2, -0.15) is 0 Å². The molecule has 0 spiro atoms. The predicted octanol–water partition coefficient (Wildman–Crippen LogP) is 0.958. The lowest BCUT2D eigenvalue weighted by molar-refractivity contribution is 0.408. The lowest BCUT2D eigenvalue weighted by Gasteiger charge is -2.03. The molecule has 0 aromatic heterocycles. The number of hydrogen-bond donors (Lipinski definition) is 0. The van der Waals surface area contributed by atoms with Crippen molar-refractivity contribution in [3.8, 4) is 0 Å². The standard InChI is InChI=1S/C5H13N/c1-4-5-6(2)3/h4-5H2,1-3H3/i1D2,4D2,5D2. The molecule has 0 aromatic rings. The molecule has 0 aliphatic carbocycles. The van der Waals surface area contributed by atoms with Crippen molar-refractivity contribution in [1.82, 2.24) is 4.90 Å². The SMILES string of the molecule is [2H]C([2H])C([2H])([2H])C([2H])([2H])N(C)C. The normalized spacial score (nSPS) is 30.0. The zero-order valence-corrected chi connectivity index (χ0v) is 4.02. The first-order valence-corrected chi connectivity index (χ1v) is 1.66. The van der Waals surface area contributed by atoms with Crippen LogP contribution in [0.3, 0.4) is 0 Å². The van der Waals surface area contributed by atoms with Crippen molar-refractivity contribution < 1.29 is 8.22 Å². The van der Waals surface area contributed by atoms with Crippen LogP contribution in [0.1, 0.15) is 21.5 Å². The van der Waals surface area contributed by atoms with Gasteiger partial charge in [-0.15, -0.1) is 0 Å². The quantitative estimate of drug-likeness (QED) is 0.491. The van der Waals surface area contributed by atoms with Gasteiger partial charge < -0.3 is 4.90 Å². The van der Waals surface area contributed by atoms with Crippen LogP contribution in [-0.4, -0.2) is 25.5 Å². The molecular formula is C5H13N. The van der Waals surface area contributed by atoms with Crippen LogP contribution in [0.5, 0.6) is 0 Å². The molecule has 38 valence electrons. The average molecular weight is 93.2 g/mol. The Balaban J connectivity index is 4.75. The van der Waals surface area contributed by atoms with E-state index in [9.17, 15) is 0 Å². The van der Waals surface area contributed by atoms with E-state index in [0.717, 1.165) is 4.90 Å². The third-order valence-electron chi connectivity index (χ3n) is 0.288. The smallest absolute Gasteiger partial charge is 0.0430 e. The molecule has 0 aliphatic rings. The molecule has 0 aromatic carbocycles. The zero-order valence-electron chi connectivity index (χ0n) is 10.0. The van der Waals surface area contributed by atoms with Crippen molar-refractivity contribution in [2.75, 3.05) is 20.6 Å². The first kappa shape index (κ1) is 1.22. The van der Waals surface area contributed by atoms with Gasteiger partial charge in [0.25, 0.3) is 0 Å². The number of nitrogens with zero attached hydrogens (tertiary/aromatic N) is 1. The lowest BCUT2D eigenvalue weighted by Crippen LogP contribution is -2.11. The van der Waals surface area contributed by atoms with E-state index in [4.69, 9.17) is 8.22 Å². The maximum absolute atomic E-state index is 7.29. The molecule has 1 heteroatoms. The predicted molar refractivity (Wildman–Crippen MR) is 28.8 cm³/mol. The summed E-state index contributed by atoms with van der Waals surface area (Å²) in [6.07, 6.45) is -2.49. The van der Waals surface area contributed by atoms with E-state index in [1.54, 1.807) is 0 Å². The summed E-state index contributed by atoms with van der Waals surface area (Å²) in [5.41, 5.74) is 0. The van der Waals surface area contributed by atoms with E-state index in [-0.39, 0.29) is 0 Å². The molecule has 0 heterocycles. The molecule has 0 radical (unpaired) electrons. The largest absolute Gasteiger partial charge is 0.309 e. The molecular weight excluding hydrogens is 74.1 g/mol. The molecule has 0 N–H and O–H groups in total. The summed E-state index contributed by atoms with van der Waals surface area (Å²) in [6, 6.07) is 0. The maximum Gasteiger partial charge on any atom is 0.0430 e. The highest BCUT2D eigenvalue weighted by Crippen LogP contribution is 1.76. The van der Waals surface area contributed by atoms with Crippen LogP contribution in [0.15, 0.2) is 0 Å². The monoisotopic (exact) mass is 93.1 g/mol. The van der Waals surface area contributed by atoms with Gasteiger partial charge >= 0.3 is 0 Å². The van der Waals surface area contributed by atoms with Crippen LogP contribution in [0.2, 0.25) is 0 Å². The summed E-state index contributed by atoms with van der Waals surface area (Å²) in [7, 11) is 2.75. The van der Waals surface area contributed by atoms with Crippen LogP contribution in [0, 0.1) is 0 Å². The fourth-order valence-electron chi connectivity index (χ4n) is 0.129. The Labute approximate surface area is 48.4 Å². The Morgan fingerprint density at radius 2 is 2.50 bits per heavy atom. The van der Waals surface area contributed by atoms with E-state index in [2.05, 4.69) is 0 Å². The highest BCUT2D eigenvalue weighted by atomic mass is 15.0.